The Bertz CT molecular complexity index is 1010. The first-order valence-corrected chi connectivity index (χ1v) is 10.00. The minimum absolute atomic E-state index is 0.0647. The molecule has 0 aliphatic carbocycles. The van der Waals surface area contributed by atoms with E-state index in [0.717, 1.165) is 29.9 Å². The molecule has 0 unspecified atom stereocenters. The fraction of sp³-hybridized carbons (Fsp3) is 0.261. The molecule has 0 spiro atoms. The Morgan fingerprint density at radius 1 is 1.00 bits per heavy atom. The minimum Gasteiger partial charge on any atom is -0.368 e. The van der Waals surface area contributed by atoms with E-state index in [4.69, 9.17) is 4.52 Å². The van der Waals surface area contributed by atoms with E-state index >= 15 is 0 Å². The number of para-hydroxylation sites is 1. The lowest BCUT2D eigenvalue weighted by Crippen LogP contribution is -2.51. The molecular formula is C23H24N4O3. The molecule has 2 aromatic carbocycles. The molecule has 1 aliphatic heterocycles. The van der Waals surface area contributed by atoms with Gasteiger partial charge in [0.15, 0.2) is 0 Å². The molecule has 30 heavy (non-hydrogen) atoms. The van der Waals surface area contributed by atoms with Crippen LogP contribution in [0.15, 0.2) is 65.2 Å². The topological polar surface area (TPSA) is 78.7 Å². The average molecular weight is 404 g/mol. The van der Waals surface area contributed by atoms with E-state index in [-0.39, 0.29) is 18.2 Å². The number of piperazine rings is 1. The highest BCUT2D eigenvalue weighted by Crippen LogP contribution is 2.19. The Morgan fingerprint density at radius 2 is 1.70 bits per heavy atom. The zero-order valence-corrected chi connectivity index (χ0v) is 16.9. The number of benzene rings is 2. The van der Waals surface area contributed by atoms with Gasteiger partial charge in [0, 0.05) is 43.5 Å². The molecule has 1 fully saturated rings. The van der Waals surface area contributed by atoms with Gasteiger partial charge in [-0.15, -0.1) is 0 Å². The second kappa shape index (κ2) is 8.82. The fourth-order valence-corrected chi connectivity index (χ4v) is 3.45. The van der Waals surface area contributed by atoms with Gasteiger partial charge in [0.05, 0.1) is 6.54 Å². The summed E-state index contributed by atoms with van der Waals surface area (Å²) in [6.07, 6.45) is 0. The first-order chi connectivity index (χ1) is 14.6. The first-order valence-electron chi connectivity index (χ1n) is 10.00. The van der Waals surface area contributed by atoms with E-state index in [1.807, 2.05) is 49.4 Å². The van der Waals surface area contributed by atoms with Crippen LogP contribution >= 0.6 is 0 Å². The van der Waals surface area contributed by atoms with Crippen LogP contribution in [0.2, 0.25) is 0 Å². The highest BCUT2D eigenvalue weighted by molar-refractivity contribution is 5.95. The van der Waals surface area contributed by atoms with Crippen molar-refractivity contribution in [3.63, 3.8) is 0 Å². The molecule has 1 saturated heterocycles. The fourth-order valence-electron chi connectivity index (χ4n) is 3.45. The summed E-state index contributed by atoms with van der Waals surface area (Å²) >= 11 is 0. The summed E-state index contributed by atoms with van der Waals surface area (Å²) in [5.41, 5.74) is 3.76. The summed E-state index contributed by atoms with van der Waals surface area (Å²) in [7, 11) is 0. The Labute approximate surface area is 175 Å². The Morgan fingerprint density at radius 3 is 2.40 bits per heavy atom. The number of carbonyl (C=O) groups excluding carboxylic acids is 2. The van der Waals surface area contributed by atoms with Crippen LogP contribution in [-0.2, 0) is 4.79 Å². The molecule has 1 aromatic heterocycles. The highest BCUT2D eigenvalue weighted by atomic mass is 16.5. The van der Waals surface area contributed by atoms with Crippen LogP contribution in [0.5, 0.6) is 0 Å². The van der Waals surface area contributed by atoms with Crippen molar-refractivity contribution in [1.82, 2.24) is 15.4 Å². The molecule has 0 bridgehead atoms. The van der Waals surface area contributed by atoms with Crippen molar-refractivity contribution in [2.24, 2.45) is 0 Å². The standard InChI is InChI=1S/C23H24N4O3/c1-17-7-9-18(10-8-17)20-15-21(30-25-20)23(29)24-16-22(28)27-13-11-26(12-14-27)19-5-3-2-4-6-19/h2-10,15H,11-14,16H2,1H3,(H,24,29). The lowest BCUT2D eigenvalue weighted by atomic mass is 10.1. The van der Waals surface area contributed by atoms with Crippen LogP contribution in [0.1, 0.15) is 16.1 Å². The van der Waals surface area contributed by atoms with Gasteiger partial charge in [0.25, 0.3) is 5.91 Å². The molecule has 154 valence electrons. The monoisotopic (exact) mass is 404 g/mol. The number of amides is 2. The Balaban J connectivity index is 1.27. The molecule has 3 aromatic rings. The normalized spacial score (nSPS) is 13.9. The van der Waals surface area contributed by atoms with Gasteiger partial charge >= 0.3 is 0 Å². The van der Waals surface area contributed by atoms with Crippen molar-refractivity contribution in [3.05, 3.63) is 72.0 Å². The van der Waals surface area contributed by atoms with Gasteiger partial charge in [0.2, 0.25) is 11.7 Å². The maximum Gasteiger partial charge on any atom is 0.290 e. The molecule has 7 heteroatoms. The number of hydrogen-bond acceptors (Lipinski definition) is 5. The molecule has 1 aliphatic rings. The maximum atomic E-state index is 12.5. The zero-order valence-electron chi connectivity index (χ0n) is 16.9. The average Bonchev–Trinajstić information content (AvgIpc) is 3.29. The summed E-state index contributed by atoms with van der Waals surface area (Å²) in [4.78, 5) is 28.9. The van der Waals surface area contributed by atoms with Gasteiger partial charge in [-0.05, 0) is 19.1 Å². The van der Waals surface area contributed by atoms with E-state index in [0.29, 0.717) is 18.8 Å². The quantitative estimate of drug-likeness (QED) is 0.707. The minimum atomic E-state index is -0.447. The third-order valence-corrected chi connectivity index (χ3v) is 5.24. The molecule has 0 saturated carbocycles. The largest absolute Gasteiger partial charge is 0.368 e. The molecular weight excluding hydrogens is 380 g/mol. The van der Waals surface area contributed by atoms with Gasteiger partial charge in [-0.25, -0.2) is 0 Å². The van der Waals surface area contributed by atoms with E-state index in [1.165, 1.54) is 0 Å². The number of aryl methyl sites for hydroxylation is 1. The van der Waals surface area contributed by atoms with Crippen LogP contribution < -0.4 is 10.2 Å². The van der Waals surface area contributed by atoms with Crippen molar-refractivity contribution < 1.29 is 14.1 Å². The maximum absolute atomic E-state index is 12.5. The summed E-state index contributed by atoms with van der Waals surface area (Å²) < 4.78 is 5.16. The van der Waals surface area contributed by atoms with Crippen molar-refractivity contribution in [2.45, 2.75) is 6.92 Å². The number of nitrogens with zero attached hydrogens (tertiary/aromatic N) is 3. The summed E-state index contributed by atoms with van der Waals surface area (Å²) in [6, 6.07) is 19.5. The lowest BCUT2D eigenvalue weighted by Gasteiger charge is -2.36. The summed E-state index contributed by atoms with van der Waals surface area (Å²) in [6.45, 7) is 4.74. The van der Waals surface area contributed by atoms with Crippen LogP contribution in [0.25, 0.3) is 11.3 Å². The highest BCUT2D eigenvalue weighted by Gasteiger charge is 2.22. The van der Waals surface area contributed by atoms with E-state index in [1.54, 1.807) is 11.0 Å². The third kappa shape index (κ3) is 4.51. The predicted octanol–water partition coefficient (Wildman–Crippen LogP) is 2.73. The number of rotatable bonds is 5. The third-order valence-electron chi connectivity index (χ3n) is 5.24. The van der Waals surface area contributed by atoms with Crippen molar-refractivity contribution in [2.75, 3.05) is 37.6 Å². The van der Waals surface area contributed by atoms with E-state index < -0.39 is 5.91 Å². The lowest BCUT2D eigenvalue weighted by molar-refractivity contribution is -0.130. The SMILES string of the molecule is Cc1ccc(-c2cc(C(=O)NCC(=O)N3CCN(c4ccccc4)CC3)on2)cc1. The van der Waals surface area contributed by atoms with Gasteiger partial charge in [-0.1, -0.05) is 53.2 Å². The molecule has 4 rings (SSSR count). The molecule has 0 radical (unpaired) electrons. The Hall–Kier alpha value is -3.61. The number of hydrogen-bond donors (Lipinski definition) is 1. The van der Waals surface area contributed by atoms with Crippen LogP contribution in [-0.4, -0.2) is 54.6 Å². The van der Waals surface area contributed by atoms with Gasteiger partial charge in [-0.2, -0.15) is 0 Å². The second-order valence-corrected chi connectivity index (χ2v) is 7.33. The zero-order chi connectivity index (χ0) is 20.9. The van der Waals surface area contributed by atoms with Crippen LogP contribution in [0.4, 0.5) is 5.69 Å². The van der Waals surface area contributed by atoms with Crippen molar-refractivity contribution in [1.29, 1.82) is 0 Å². The number of nitrogens with one attached hydrogen (secondary N) is 1. The smallest absolute Gasteiger partial charge is 0.290 e. The Kier molecular flexibility index (Phi) is 5.79. The molecule has 1 N–H and O–H groups in total. The van der Waals surface area contributed by atoms with E-state index in [2.05, 4.69) is 27.5 Å². The van der Waals surface area contributed by atoms with Crippen molar-refractivity contribution in [3.8, 4) is 11.3 Å². The van der Waals surface area contributed by atoms with Gasteiger partial charge in [0.1, 0.15) is 5.69 Å². The van der Waals surface area contributed by atoms with E-state index in [9.17, 15) is 9.59 Å². The molecule has 0 atom stereocenters. The summed E-state index contributed by atoms with van der Waals surface area (Å²) in [5, 5.41) is 6.59. The number of aromatic nitrogens is 1. The molecule has 2 amide bonds. The van der Waals surface area contributed by atoms with Gasteiger partial charge < -0.3 is 19.6 Å². The van der Waals surface area contributed by atoms with Crippen LogP contribution in [0.3, 0.4) is 0 Å². The first kappa shape index (κ1) is 19.7. The van der Waals surface area contributed by atoms with Gasteiger partial charge in [-0.3, -0.25) is 9.59 Å². The number of anilines is 1. The summed E-state index contributed by atoms with van der Waals surface area (Å²) in [5.74, 6) is -0.459. The number of carbonyl (C=O) groups is 2. The predicted molar refractivity (Wildman–Crippen MR) is 114 cm³/mol. The van der Waals surface area contributed by atoms with Crippen LogP contribution in [0, 0.1) is 6.92 Å². The molecule has 2 heterocycles. The molecule has 7 nitrogen and oxygen atoms in total. The van der Waals surface area contributed by atoms with Crippen molar-refractivity contribution >= 4 is 17.5 Å². The second-order valence-electron chi connectivity index (χ2n) is 7.33.